The summed E-state index contributed by atoms with van der Waals surface area (Å²) in [6.45, 7) is 0. The second-order valence-electron chi connectivity index (χ2n) is 4.97. The first-order valence-corrected chi connectivity index (χ1v) is 6.49. The van der Waals surface area contributed by atoms with Crippen LogP contribution in [0.1, 0.15) is 11.1 Å². The van der Waals surface area contributed by atoms with Crippen molar-refractivity contribution in [3.63, 3.8) is 0 Å². The zero-order valence-corrected chi connectivity index (χ0v) is 11.6. The van der Waals surface area contributed by atoms with Gasteiger partial charge in [-0.05, 0) is 30.3 Å². The lowest BCUT2D eigenvalue weighted by atomic mass is 10.1. The van der Waals surface area contributed by atoms with Crippen LogP contribution >= 0.6 is 0 Å². The number of halogens is 7. The molecule has 0 aliphatic heterocycles. The Hall–Kier alpha value is -2.58. The topological polar surface area (TPSA) is 17.3 Å². The van der Waals surface area contributed by atoms with Crippen molar-refractivity contribution in [2.45, 2.75) is 12.4 Å². The van der Waals surface area contributed by atoms with E-state index in [1.807, 2.05) is 0 Å². The Morgan fingerprint density at radius 2 is 1.54 bits per heavy atom. The molecule has 24 heavy (non-hydrogen) atoms. The van der Waals surface area contributed by atoms with Gasteiger partial charge >= 0.3 is 12.4 Å². The molecule has 0 aliphatic carbocycles. The van der Waals surface area contributed by atoms with Crippen LogP contribution in [0.2, 0.25) is 0 Å². The number of aromatic nitrogens is 2. The molecule has 3 rings (SSSR count). The van der Waals surface area contributed by atoms with Gasteiger partial charge < -0.3 is 4.40 Å². The van der Waals surface area contributed by atoms with E-state index < -0.39 is 34.9 Å². The molecule has 1 aromatic carbocycles. The monoisotopic (exact) mass is 348 g/mol. The highest BCUT2D eigenvalue weighted by atomic mass is 19.4. The van der Waals surface area contributed by atoms with Crippen molar-refractivity contribution >= 4 is 5.65 Å². The van der Waals surface area contributed by atoms with E-state index in [0.29, 0.717) is 12.1 Å². The standard InChI is InChI=1S/C15H7F7N2/c16-11-4-3-8(6-10(11)15(20,21)22)12-7-24-5-1-2-9(13(24)23-12)14(17,18)19/h1-7H. The Kier molecular flexibility index (Phi) is 3.54. The van der Waals surface area contributed by atoms with Crippen LogP contribution in [0.4, 0.5) is 30.7 Å². The molecular weight excluding hydrogens is 341 g/mol. The zero-order chi connectivity index (χ0) is 17.7. The summed E-state index contributed by atoms with van der Waals surface area (Å²) in [6.07, 6.45) is -7.14. The largest absolute Gasteiger partial charge is 0.419 e. The molecule has 0 aliphatic rings. The van der Waals surface area contributed by atoms with Gasteiger partial charge in [-0.2, -0.15) is 26.3 Å². The van der Waals surface area contributed by atoms with Gasteiger partial charge in [0.1, 0.15) is 11.5 Å². The Balaban J connectivity index is 2.18. The molecule has 2 aromatic heterocycles. The minimum Gasteiger partial charge on any atom is -0.306 e. The molecule has 9 heteroatoms. The number of hydrogen-bond donors (Lipinski definition) is 0. The number of nitrogens with zero attached hydrogens (tertiary/aromatic N) is 2. The number of alkyl halides is 6. The first-order chi connectivity index (χ1) is 11.1. The molecule has 0 saturated heterocycles. The highest BCUT2D eigenvalue weighted by Gasteiger charge is 2.35. The lowest BCUT2D eigenvalue weighted by molar-refractivity contribution is -0.140. The molecule has 0 unspecified atom stereocenters. The van der Waals surface area contributed by atoms with Crippen molar-refractivity contribution in [1.29, 1.82) is 0 Å². The van der Waals surface area contributed by atoms with Crippen LogP contribution in [0.25, 0.3) is 16.9 Å². The fourth-order valence-corrected chi connectivity index (χ4v) is 2.28. The smallest absolute Gasteiger partial charge is 0.306 e. The van der Waals surface area contributed by atoms with Gasteiger partial charge in [-0.1, -0.05) is 0 Å². The quantitative estimate of drug-likeness (QED) is 0.554. The molecule has 0 spiro atoms. The van der Waals surface area contributed by atoms with E-state index in [1.165, 1.54) is 6.20 Å². The third kappa shape index (κ3) is 2.81. The zero-order valence-electron chi connectivity index (χ0n) is 11.6. The summed E-state index contributed by atoms with van der Waals surface area (Å²) in [7, 11) is 0. The van der Waals surface area contributed by atoms with Gasteiger partial charge in [-0.15, -0.1) is 0 Å². The maximum Gasteiger partial charge on any atom is 0.419 e. The molecule has 2 nitrogen and oxygen atoms in total. The van der Waals surface area contributed by atoms with Gasteiger partial charge in [-0.25, -0.2) is 9.37 Å². The first-order valence-electron chi connectivity index (χ1n) is 6.49. The minimum atomic E-state index is -4.92. The lowest BCUT2D eigenvalue weighted by Crippen LogP contribution is -2.08. The third-order valence-electron chi connectivity index (χ3n) is 3.36. The molecule has 3 aromatic rings. The third-order valence-corrected chi connectivity index (χ3v) is 3.36. The van der Waals surface area contributed by atoms with Crippen LogP contribution in [0, 0.1) is 5.82 Å². The second kappa shape index (κ2) is 5.22. The number of imidazole rings is 1. The Labute approximate surface area is 130 Å². The van der Waals surface area contributed by atoms with Crippen molar-refractivity contribution in [3.05, 3.63) is 59.7 Å². The number of fused-ring (bicyclic) bond motifs is 1. The Bertz CT molecular complexity index is 906. The van der Waals surface area contributed by atoms with E-state index in [9.17, 15) is 30.7 Å². The van der Waals surface area contributed by atoms with Crippen molar-refractivity contribution in [3.8, 4) is 11.3 Å². The van der Waals surface area contributed by atoms with Crippen LogP contribution in [0.3, 0.4) is 0 Å². The summed E-state index contributed by atoms with van der Waals surface area (Å²) in [4.78, 5) is 3.76. The van der Waals surface area contributed by atoms with Crippen molar-refractivity contribution < 1.29 is 30.7 Å². The van der Waals surface area contributed by atoms with Gasteiger partial charge in [0.15, 0.2) is 0 Å². The van der Waals surface area contributed by atoms with E-state index in [-0.39, 0.29) is 11.3 Å². The van der Waals surface area contributed by atoms with Gasteiger partial charge in [0.2, 0.25) is 0 Å². The molecule has 126 valence electrons. The molecule has 0 atom stereocenters. The average molecular weight is 348 g/mol. The van der Waals surface area contributed by atoms with E-state index >= 15 is 0 Å². The van der Waals surface area contributed by atoms with Crippen LogP contribution in [0.5, 0.6) is 0 Å². The van der Waals surface area contributed by atoms with Crippen molar-refractivity contribution in [2.24, 2.45) is 0 Å². The van der Waals surface area contributed by atoms with Gasteiger partial charge in [0, 0.05) is 18.0 Å². The molecule has 0 fully saturated rings. The highest BCUT2D eigenvalue weighted by molar-refractivity contribution is 5.65. The van der Waals surface area contributed by atoms with E-state index in [1.54, 1.807) is 0 Å². The second-order valence-corrected chi connectivity index (χ2v) is 4.97. The maximum atomic E-state index is 13.3. The van der Waals surface area contributed by atoms with Crippen molar-refractivity contribution in [1.82, 2.24) is 9.38 Å². The summed E-state index contributed by atoms with van der Waals surface area (Å²) in [5, 5.41) is 0. The van der Waals surface area contributed by atoms with E-state index in [4.69, 9.17) is 0 Å². The normalized spacial score (nSPS) is 12.8. The Morgan fingerprint density at radius 1 is 0.875 bits per heavy atom. The van der Waals surface area contributed by atoms with Crippen LogP contribution < -0.4 is 0 Å². The van der Waals surface area contributed by atoms with E-state index in [2.05, 4.69) is 4.98 Å². The number of rotatable bonds is 1. The van der Waals surface area contributed by atoms with Gasteiger partial charge in [0.05, 0.1) is 16.8 Å². The van der Waals surface area contributed by atoms with Gasteiger partial charge in [-0.3, -0.25) is 0 Å². The number of hydrogen-bond acceptors (Lipinski definition) is 1. The summed E-state index contributed by atoms with van der Waals surface area (Å²) in [6, 6.07) is 4.11. The SMILES string of the molecule is Fc1ccc(-c2cn3cccc(C(F)(F)F)c3n2)cc1C(F)(F)F. The predicted octanol–water partition coefficient (Wildman–Crippen LogP) is 5.18. The Morgan fingerprint density at radius 3 is 2.17 bits per heavy atom. The van der Waals surface area contributed by atoms with Crippen LogP contribution in [-0.4, -0.2) is 9.38 Å². The maximum absolute atomic E-state index is 13.3. The van der Waals surface area contributed by atoms with Crippen LogP contribution in [-0.2, 0) is 12.4 Å². The van der Waals surface area contributed by atoms with E-state index in [0.717, 1.165) is 28.8 Å². The molecule has 0 amide bonds. The predicted molar refractivity (Wildman–Crippen MR) is 70.6 cm³/mol. The number of benzene rings is 1. The van der Waals surface area contributed by atoms with Crippen molar-refractivity contribution in [2.75, 3.05) is 0 Å². The fraction of sp³-hybridized carbons (Fsp3) is 0.133. The summed E-state index contributed by atoms with van der Waals surface area (Å²) in [5.41, 5.74) is -3.24. The molecule has 0 saturated carbocycles. The summed E-state index contributed by atoms with van der Waals surface area (Å²) >= 11 is 0. The molecule has 0 bridgehead atoms. The average Bonchev–Trinajstić information content (AvgIpc) is 2.89. The van der Waals surface area contributed by atoms with Gasteiger partial charge in [0.25, 0.3) is 0 Å². The minimum absolute atomic E-state index is 0.128. The molecule has 2 heterocycles. The van der Waals surface area contributed by atoms with Crippen LogP contribution in [0.15, 0.2) is 42.7 Å². The summed E-state index contributed by atoms with van der Waals surface area (Å²) < 4.78 is 91.5. The molecular formula is C15H7F7N2. The first kappa shape index (κ1) is 16.3. The number of pyridine rings is 1. The summed E-state index contributed by atoms with van der Waals surface area (Å²) in [5.74, 6) is -1.47. The molecule has 0 radical (unpaired) electrons. The highest BCUT2D eigenvalue weighted by Crippen LogP contribution is 2.36. The molecule has 0 N–H and O–H groups in total. The lowest BCUT2D eigenvalue weighted by Gasteiger charge is -2.09. The fourth-order valence-electron chi connectivity index (χ4n) is 2.28.